The molecule has 0 saturated heterocycles. The van der Waals surface area contributed by atoms with Crippen LogP contribution in [0.1, 0.15) is 22.3 Å². The standard InChI is InChI=1S/C60H39N3/c1-5-20-40(21-6-1)45-33-17-24-41-25-18-35-52(55(41)45)59-62-57(42-22-7-2-8-23-42)61-58(63-59)50-39-38-48(46-30-13-14-31-47(46)50)49-34-19-37-54-56(49)51-32-15-16-36-53(51)60(54,43-26-9-3-10-27-43)44-28-11-4-12-29-44/h1-39H. The lowest BCUT2D eigenvalue weighted by Gasteiger charge is -2.34. The summed E-state index contributed by atoms with van der Waals surface area (Å²) >= 11 is 0. The predicted octanol–water partition coefficient (Wildman–Crippen LogP) is 14.9. The number of benzene rings is 10. The van der Waals surface area contributed by atoms with Gasteiger partial charge in [-0.3, -0.25) is 0 Å². The summed E-state index contributed by atoms with van der Waals surface area (Å²) in [5, 5.41) is 4.46. The third-order valence-corrected chi connectivity index (χ3v) is 12.8. The molecule has 0 fully saturated rings. The minimum atomic E-state index is -0.489. The Morgan fingerprint density at radius 3 is 1.41 bits per heavy atom. The zero-order chi connectivity index (χ0) is 41.7. The number of fused-ring (bicyclic) bond motifs is 5. The smallest absolute Gasteiger partial charge is 0.164 e. The molecular formula is C60H39N3. The van der Waals surface area contributed by atoms with Gasteiger partial charge in [-0.1, -0.05) is 231 Å². The van der Waals surface area contributed by atoms with Gasteiger partial charge in [-0.15, -0.1) is 0 Å². The molecule has 0 N–H and O–H groups in total. The molecule has 10 aromatic carbocycles. The van der Waals surface area contributed by atoms with E-state index in [4.69, 9.17) is 15.0 Å². The highest BCUT2D eigenvalue weighted by molar-refractivity contribution is 6.09. The first kappa shape index (κ1) is 36.6. The average molecular weight is 802 g/mol. The summed E-state index contributed by atoms with van der Waals surface area (Å²) in [6.45, 7) is 0. The van der Waals surface area contributed by atoms with Crippen molar-refractivity contribution >= 4 is 21.5 Å². The van der Waals surface area contributed by atoms with E-state index >= 15 is 0 Å². The fourth-order valence-corrected chi connectivity index (χ4v) is 10.2. The van der Waals surface area contributed by atoms with Gasteiger partial charge in [0.05, 0.1) is 5.41 Å². The van der Waals surface area contributed by atoms with Crippen LogP contribution in [0.5, 0.6) is 0 Å². The normalized spacial score (nSPS) is 12.6. The van der Waals surface area contributed by atoms with E-state index in [-0.39, 0.29) is 0 Å². The first-order valence-electron chi connectivity index (χ1n) is 21.5. The second-order valence-electron chi connectivity index (χ2n) is 16.2. The van der Waals surface area contributed by atoms with Gasteiger partial charge in [0.2, 0.25) is 0 Å². The van der Waals surface area contributed by atoms with E-state index in [0.29, 0.717) is 17.5 Å². The Labute approximate surface area is 366 Å². The van der Waals surface area contributed by atoms with Crippen LogP contribution in [0.2, 0.25) is 0 Å². The third kappa shape index (κ3) is 5.85. The van der Waals surface area contributed by atoms with Crippen molar-refractivity contribution in [1.82, 2.24) is 15.0 Å². The molecule has 12 rings (SSSR count). The average Bonchev–Trinajstić information content (AvgIpc) is 3.68. The van der Waals surface area contributed by atoms with E-state index in [1.807, 2.05) is 18.2 Å². The Kier molecular flexibility index (Phi) is 8.72. The summed E-state index contributed by atoms with van der Waals surface area (Å²) in [5.74, 6) is 1.90. The molecule has 0 amide bonds. The third-order valence-electron chi connectivity index (χ3n) is 12.8. The largest absolute Gasteiger partial charge is 0.208 e. The van der Waals surface area contributed by atoms with Crippen LogP contribution in [0.3, 0.4) is 0 Å². The van der Waals surface area contributed by atoms with Crippen LogP contribution in [0, 0.1) is 0 Å². The number of nitrogens with zero attached hydrogens (tertiary/aromatic N) is 3. The van der Waals surface area contributed by atoms with Gasteiger partial charge in [-0.05, 0) is 77.9 Å². The van der Waals surface area contributed by atoms with Gasteiger partial charge in [0, 0.05) is 22.1 Å². The maximum atomic E-state index is 5.39. The van der Waals surface area contributed by atoms with E-state index in [2.05, 4.69) is 218 Å². The zero-order valence-electron chi connectivity index (χ0n) is 34.4. The summed E-state index contributed by atoms with van der Waals surface area (Å²) in [6, 6.07) is 84.7. The molecule has 1 heterocycles. The molecule has 63 heavy (non-hydrogen) atoms. The highest BCUT2D eigenvalue weighted by Gasteiger charge is 2.46. The molecule has 0 spiro atoms. The lowest BCUT2D eigenvalue weighted by Crippen LogP contribution is -2.28. The molecule has 0 unspecified atom stereocenters. The Morgan fingerprint density at radius 2 is 0.730 bits per heavy atom. The van der Waals surface area contributed by atoms with E-state index in [0.717, 1.165) is 54.9 Å². The highest BCUT2D eigenvalue weighted by Crippen LogP contribution is 2.58. The summed E-state index contributed by atoms with van der Waals surface area (Å²) in [5.41, 5.74) is 14.6. The molecule has 0 atom stereocenters. The molecule has 0 saturated carbocycles. The van der Waals surface area contributed by atoms with Crippen molar-refractivity contribution in [3.63, 3.8) is 0 Å². The van der Waals surface area contributed by atoms with E-state index in [9.17, 15) is 0 Å². The van der Waals surface area contributed by atoms with Gasteiger partial charge in [0.1, 0.15) is 0 Å². The lowest BCUT2D eigenvalue weighted by molar-refractivity contribution is 0.768. The molecule has 1 aromatic heterocycles. The molecule has 0 aliphatic heterocycles. The van der Waals surface area contributed by atoms with Gasteiger partial charge >= 0.3 is 0 Å². The molecule has 1 aliphatic carbocycles. The van der Waals surface area contributed by atoms with Crippen molar-refractivity contribution in [2.75, 3.05) is 0 Å². The molecule has 0 bridgehead atoms. The highest BCUT2D eigenvalue weighted by atomic mass is 15.0. The van der Waals surface area contributed by atoms with Crippen LogP contribution in [0.15, 0.2) is 237 Å². The van der Waals surface area contributed by atoms with E-state index in [1.54, 1.807) is 0 Å². The van der Waals surface area contributed by atoms with Crippen LogP contribution in [0.25, 0.3) is 89.1 Å². The first-order chi connectivity index (χ1) is 31.3. The van der Waals surface area contributed by atoms with E-state index < -0.39 is 5.41 Å². The molecular weight excluding hydrogens is 763 g/mol. The number of hydrogen-bond acceptors (Lipinski definition) is 3. The van der Waals surface area contributed by atoms with Crippen LogP contribution < -0.4 is 0 Å². The molecule has 0 radical (unpaired) electrons. The van der Waals surface area contributed by atoms with Crippen molar-refractivity contribution in [3.8, 4) is 67.5 Å². The Hall–Kier alpha value is -8.27. The van der Waals surface area contributed by atoms with Gasteiger partial charge in [-0.2, -0.15) is 0 Å². The summed E-state index contributed by atoms with van der Waals surface area (Å²) in [7, 11) is 0. The van der Waals surface area contributed by atoms with Crippen molar-refractivity contribution in [2.24, 2.45) is 0 Å². The Bertz CT molecular complexity index is 3450. The maximum absolute atomic E-state index is 5.39. The summed E-state index contributed by atoms with van der Waals surface area (Å²) in [6.07, 6.45) is 0. The first-order valence-corrected chi connectivity index (χ1v) is 21.5. The second-order valence-corrected chi connectivity index (χ2v) is 16.2. The van der Waals surface area contributed by atoms with Gasteiger partial charge < -0.3 is 0 Å². The maximum Gasteiger partial charge on any atom is 0.164 e. The van der Waals surface area contributed by atoms with Crippen LogP contribution in [0.4, 0.5) is 0 Å². The molecule has 294 valence electrons. The molecule has 1 aliphatic rings. The van der Waals surface area contributed by atoms with Crippen LogP contribution >= 0.6 is 0 Å². The van der Waals surface area contributed by atoms with Crippen molar-refractivity contribution in [3.05, 3.63) is 259 Å². The van der Waals surface area contributed by atoms with Gasteiger partial charge in [0.25, 0.3) is 0 Å². The topological polar surface area (TPSA) is 38.7 Å². The minimum Gasteiger partial charge on any atom is -0.208 e. The van der Waals surface area contributed by atoms with Crippen molar-refractivity contribution in [1.29, 1.82) is 0 Å². The fourth-order valence-electron chi connectivity index (χ4n) is 10.2. The summed E-state index contributed by atoms with van der Waals surface area (Å²) < 4.78 is 0. The number of hydrogen-bond donors (Lipinski definition) is 0. The molecule has 3 heteroatoms. The number of rotatable bonds is 7. The van der Waals surface area contributed by atoms with Crippen LogP contribution in [-0.4, -0.2) is 15.0 Å². The van der Waals surface area contributed by atoms with E-state index in [1.165, 1.54) is 38.9 Å². The zero-order valence-corrected chi connectivity index (χ0v) is 34.4. The quantitative estimate of drug-likeness (QED) is 0.161. The Morgan fingerprint density at radius 1 is 0.270 bits per heavy atom. The Balaban J connectivity index is 1.09. The SMILES string of the molecule is c1ccc(-c2nc(-c3ccc(-c4cccc5c4-c4ccccc4C5(c4ccccc4)c4ccccc4)c4ccccc34)nc(-c3cccc4cccc(-c5ccccc5)c34)n2)cc1. The van der Waals surface area contributed by atoms with Crippen molar-refractivity contribution in [2.45, 2.75) is 5.41 Å². The monoisotopic (exact) mass is 801 g/mol. The predicted molar refractivity (Wildman–Crippen MR) is 259 cm³/mol. The lowest BCUT2D eigenvalue weighted by atomic mass is 9.67. The minimum absolute atomic E-state index is 0.489. The van der Waals surface area contributed by atoms with Crippen molar-refractivity contribution < 1.29 is 0 Å². The van der Waals surface area contributed by atoms with Crippen LogP contribution in [-0.2, 0) is 5.41 Å². The van der Waals surface area contributed by atoms with Gasteiger partial charge in [-0.25, -0.2) is 15.0 Å². The molecule has 11 aromatic rings. The van der Waals surface area contributed by atoms with Gasteiger partial charge in [0.15, 0.2) is 17.5 Å². The second kappa shape index (κ2) is 15.0. The number of aromatic nitrogens is 3. The molecule has 3 nitrogen and oxygen atoms in total. The fraction of sp³-hybridized carbons (Fsp3) is 0.0167. The summed E-state index contributed by atoms with van der Waals surface area (Å²) in [4.78, 5) is 15.9.